The average Bonchev–Trinajstić information content (AvgIpc) is 3.35. The van der Waals surface area contributed by atoms with E-state index in [4.69, 9.17) is 9.47 Å². The second-order valence-electron chi connectivity index (χ2n) is 9.28. The molecule has 0 bridgehead atoms. The molecule has 0 amide bonds. The van der Waals surface area contributed by atoms with Gasteiger partial charge in [0.05, 0.1) is 30.2 Å². The summed E-state index contributed by atoms with van der Waals surface area (Å²) in [5.41, 5.74) is -0.00601. The minimum Gasteiger partial charge on any atom is -1.00 e. The Hall–Kier alpha value is 0.110. The predicted octanol–water partition coefficient (Wildman–Crippen LogP) is 0.841. The molecule has 0 spiro atoms. The second-order valence-corrected chi connectivity index (χ2v) is 11.1. The van der Waals surface area contributed by atoms with Crippen molar-refractivity contribution in [2.45, 2.75) is 76.0 Å². The summed E-state index contributed by atoms with van der Waals surface area (Å²) in [4.78, 5) is 0. The van der Waals surface area contributed by atoms with Crippen LogP contribution in [0.5, 0.6) is 0 Å². The van der Waals surface area contributed by atoms with Crippen LogP contribution in [0.15, 0.2) is 40.4 Å². The number of ether oxygens (including phenoxy) is 2. The van der Waals surface area contributed by atoms with E-state index in [-0.39, 0.29) is 23.1 Å². The fraction of sp³-hybridized carbons (Fsp3) is 0.667. The van der Waals surface area contributed by atoms with Crippen LogP contribution in [0.2, 0.25) is 0 Å². The lowest BCUT2D eigenvalue weighted by atomic mass is 9.53. The van der Waals surface area contributed by atoms with Crippen LogP contribution in [0.1, 0.15) is 45.6 Å². The third-order valence-corrected chi connectivity index (χ3v) is 8.44. The molecule has 1 heterocycles. The lowest BCUT2D eigenvalue weighted by Gasteiger charge is -2.56. The van der Waals surface area contributed by atoms with E-state index in [0.717, 1.165) is 28.2 Å². The van der Waals surface area contributed by atoms with Gasteiger partial charge in [0.2, 0.25) is 0 Å². The maximum absolute atomic E-state index is 12.3. The molecule has 2 aliphatic rings. The van der Waals surface area contributed by atoms with Crippen molar-refractivity contribution in [1.29, 1.82) is 0 Å². The highest BCUT2D eigenvalue weighted by Crippen LogP contribution is 2.63. The van der Waals surface area contributed by atoms with Crippen LogP contribution < -0.4 is 17.0 Å². The Morgan fingerprint density at radius 1 is 1.39 bits per heavy atom. The van der Waals surface area contributed by atoms with Gasteiger partial charge in [0.25, 0.3) is 0 Å². The van der Waals surface area contributed by atoms with Crippen molar-refractivity contribution in [1.82, 2.24) is 0 Å². The topological polar surface area (TPSA) is 62.2 Å². The maximum atomic E-state index is 12.3. The van der Waals surface area contributed by atoms with Gasteiger partial charge in [-0.05, 0) is 69.5 Å². The zero-order valence-corrected chi connectivity index (χ0v) is 23.1. The largest absolute Gasteiger partial charge is 1.00 e. The fourth-order valence-electron chi connectivity index (χ4n) is 5.60. The molecule has 6 unspecified atom stereocenters. The van der Waals surface area contributed by atoms with Gasteiger partial charge in [-0.2, -0.15) is 0 Å². The number of epoxide rings is 1. The molecule has 0 radical (unpaired) electrons. The van der Waals surface area contributed by atoms with E-state index < -0.39 is 28.8 Å². The van der Waals surface area contributed by atoms with Crippen LogP contribution in [0.4, 0.5) is 0 Å². The van der Waals surface area contributed by atoms with E-state index in [1.165, 1.54) is 5.57 Å². The molecule has 0 aromatic heterocycles. The normalized spacial score (nSPS) is 37.1. The molecule has 3 rings (SSSR count). The summed E-state index contributed by atoms with van der Waals surface area (Å²) in [6, 6.07) is 8.12. The summed E-state index contributed by atoms with van der Waals surface area (Å²) < 4.78 is 13.3. The van der Waals surface area contributed by atoms with Crippen LogP contribution in [-0.2, 0) is 27.7 Å². The van der Waals surface area contributed by atoms with E-state index in [9.17, 15) is 10.2 Å². The number of hydrogen-bond donors (Lipinski definition) is 2. The number of halogens is 2. The maximum Gasteiger partial charge on any atom is 0.119 e. The summed E-state index contributed by atoms with van der Waals surface area (Å²) in [7, 11) is 1.65. The predicted molar refractivity (Wildman–Crippen MR) is 128 cm³/mol. The number of rotatable bonds is 8. The van der Waals surface area contributed by atoms with Crippen LogP contribution in [0.25, 0.3) is 0 Å². The number of benzene rings is 1. The molecule has 1 aromatic carbocycles. The van der Waals surface area contributed by atoms with E-state index >= 15 is 0 Å². The SMILES string of the molecule is COC1C(O)CCC(O)(Cc2cccc(Br)c2)C1(C[SH+]C)C1(C)OC1CC=C(C)C.[Br-]. The first-order valence-electron chi connectivity index (χ1n) is 10.7. The van der Waals surface area contributed by atoms with Gasteiger partial charge < -0.3 is 36.7 Å². The fourth-order valence-corrected chi connectivity index (χ4v) is 7.33. The molecule has 7 heteroatoms. The number of hydrogen-bond acceptors (Lipinski definition) is 4. The highest BCUT2D eigenvalue weighted by molar-refractivity contribution is 9.10. The minimum atomic E-state index is -1.05. The number of allylic oxidation sites excluding steroid dienone is 1. The van der Waals surface area contributed by atoms with Crippen molar-refractivity contribution in [3.63, 3.8) is 0 Å². The Labute approximate surface area is 210 Å². The van der Waals surface area contributed by atoms with Crippen molar-refractivity contribution >= 4 is 27.7 Å². The Morgan fingerprint density at radius 2 is 2.10 bits per heavy atom. The molecule has 176 valence electrons. The number of thiol groups is 1. The molecule has 1 saturated heterocycles. The Balaban J connectivity index is 0.00000341. The highest BCUT2D eigenvalue weighted by Gasteiger charge is 2.77. The molecule has 1 aliphatic carbocycles. The molecular weight excluding hydrogens is 544 g/mol. The van der Waals surface area contributed by atoms with Gasteiger partial charge in [0, 0.05) is 18.0 Å². The van der Waals surface area contributed by atoms with Crippen molar-refractivity contribution in [3.8, 4) is 0 Å². The zero-order valence-electron chi connectivity index (χ0n) is 19.1. The average molecular weight is 580 g/mol. The Morgan fingerprint density at radius 3 is 2.68 bits per heavy atom. The first-order valence-corrected chi connectivity index (χ1v) is 13.0. The third-order valence-electron chi connectivity index (χ3n) is 7.14. The molecule has 6 atom stereocenters. The van der Waals surface area contributed by atoms with E-state index in [1.807, 2.05) is 12.1 Å². The number of aliphatic hydroxyl groups is 2. The summed E-state index contributed by atoms with van der Waals surface area (Å²) in [6.45, 7) is 6.29. The standard InChI is InChI=1S/C24H35BrO4S.BrH/c1-16(2)9-10-20-22(3,29-20)24(15-30-5)21(28-4)19(26)11-12-23(24,27)14-17-7-6-8-18(25)13-17;/h6-9,13,19-21,26-27H,10-12,14-15H2,1-5H3;1H. The van der Waals surface area contributed by atoms with E-state index in [1.54, 1.807) is 7.11 Å². The van der Waals surface area contributed by atoms with Crippen molar-refractivity contribution in [2.24, 2.45) is 5.41 Å². The smallest absolute Gasteiger partial charge is 0.119 e. The van der Waals surface area contributed by atoms with Gasteiger partial charge in [0.1, 0.15) is 16.8 Å². The van der Waals surface area contributed by atoms with Crippen LogP contribution in [0, 0.1) is 5.41 Å². The first kappa shape index (κ1) is 27.4. The molecule has 31 heavy (non-hydrogen) atoms. The molecule has 1 saturated carbocycles. The molecule has 2 fully saturated rings. The monoisotopic (exact) mass is 578 g/mol. The first-order chi connectivity index (χ1) is 14.1. The van der Waals surface area contributed by atoms with Crippen molar-refractivity contribution in [3.05, 3.63) is 46.0 Å². The van der Waals surface area contributed by atoms with Crippen molar-refractivity contribution < 1.29 is 36.7 Å². The van der Waals surface area contributed by atoms with E-state index in [0.29, 0.717) is 25.0 Å². The van der Waals surface area contributed by atoms with Gasteiger partial charge >= 0.3 is 0 Å². The lowest BCUT2D eigenvalue weighted by Crippen LogP contribution is -3.00. The minimum absolute atomic E-state index is 0. The number of methoxy groups -OCH3 is 1. The van der Waals surface area contributed by atoms with Crippen molar-refractivity contribution in [2.75, 3.05) is 19.1 Å². The van der Waals surface area contributed by atoms with Gasteiger partial charge in [-0.3, -0.25) is 0 Å². The van der Waals surface area contributed by atoms with Crippen LogP contribution in [0.3, 0.4) is 0 Å². The lowest BCUT2D eigenvalue weighted by molar-refractivity contribution is -0.230. The summed E-state index contributed by atoms with van der Waals surface area (Å²) in [5, 5.41) is 23.3. The van der Waals surface area contributed by atoms with Crippen LogP contribution >= 0.6 is 15.9 Å². The molecule has 1 aromatic rings. The highest BCUT2D eigenvalue weighted by atomic mass is 79.9. The zero-order chi connectivity index (χ0) is 22.2. The van der Waals surface area contributed by atoms with Gasteiger partial charge in [0.15, 0.2) is 0 Å². The molecule has 1 aliphatic heterocycles. The summed E-state index contributed by atoms with van der Waals surface area (Å²) >= 11 is 4.70. The van der Waals surface area contributed by atoms with Gasteiger partial charge in [-0.25, -0.2) is 0 Å². The third kappa shape index (κ3) is 4.98. The Kier molecular flexibility index (Phi) is 9.34. The number of aliphatic hydroxyl groups excluding tert-OH is 1. The van der Waals surface area contributed by atoms with E-state index in [2.05, 4.69) is 61.2 Å². The molecule has 2 N–H and O–H groups in total. The molecular formula is C24H36Br2O4S. The Bertz CT molecular complexity index is 787. The molecule has 4 nitrogen and oxygen atoms in total. The summed E-state index contributed by atoms with van der Waals surface area (Å²) in [6.07, 6.45) is 5.54. The van der Waals surface area contributed by atoms with Gasteiger partial charge in [-0.15, -0.1) is 0 Å². The quantitative estimate of drug-likeness (QED) is 0.207. The second kappa shape index (κ2) is 10.6. The summed E-state index contributed by atoms with van der Waals surface area (Å²) in [5.74, 6) is 0.703. The van der Waals surface area contributed by atoms with Crippen LogP contribution in [-0.4, -0.2) is 58.8 Å². The van der Waals surface area contributed by atoms with Gasteiger partial charge in [-0.1, -0.05) is 39.7 Å².